The summed E-state index contributed by atoms with van der Waals surface area (Å²) in [7, 11) is 0. The Labute approximate surface area is 112 Å². The first-order valence-corrected chi connectivity index (χ1v) is 6.26. The Bertz CT molecular complexity index is 416. The van der Waals surface area contributed by atoms with Crippen molar-refractivity contribution in [3.63, 3.8) is 0 Å². The van der Waals surface area contributed by atoms with Gasteiger partial charge >= 0.3 is 6.03 Å². The highest BCUT2D eigenvalue weighted by Gasteiger charge is 2.18. The maximum absolute atomic E-state index is 11.8. The summed E-state index contributed by atoms with van der Waals surface area (Å²) >= 11 is 0. The molecule has 7 nitrogen and oxygen atoms in total. The van der Waals surface area contributed by atoms with Gasteiger partial charge in [0, 0.05) is 23.8 Å². The molecule has 1 aromatic heterocycles. The predicted molar refractivity (Wildman–Crippen MR) is 71.4 cm³/mol. The molecule has 0 unspecified atom stereocenters. The average molecular weight is 267 g/mol. The van der Waals surface area contributed by atoms with E-state index < -0.39 is 12.1 Å². The van der Waals surface area contributed by atoms with Crippen molar-refractivity contribution in [2.75, 3.05) is 0 Å². The highest BCUT2D eigenvalue weighted by molar-refractivity contribution is 5.96. The van der Waals surface area contributed by atoms with E-state index in [0.29, 0.717) is 0 Å². The third-order valence-corrected chi connectivity index (χ3v) is 2.57. The zero-order valence-corrected chi connectivity index (χ0v) is 11.7. The molecular weight excluding hydrogens is 246 g/mol. The van der Waals surface area contributed by atoms with Crippen molar-refractivity contribution in [3.05, 3.63) is 18.0 Å². The van der Waals surface area contributed by atoms with Crippen LogP contribution in [0.4, 0.5) is 4.79 Å². The van der Waals surface area contributed by atoms with Crippen LogP contribution in [0.15, 0.2) is 12.4 Å². The van der Waals surface area contributed by atoms with E-state index >= 15 is 0 Å². The number of amides is 3. The van der Waals surface area contributed by atoms with Gasteiger partial charge in [-0.25, -0.2) is 4.79 Å². The molecule has 0 aromatic carbocycles. The van der Waals surface area contributed by atoms with Gasteiger partial charge in [-0.15, -0.1) is 0 Å². The minimum absolute atomic E-state index is 0.0130. The van der Waals surface area contributed by atoms with Crippen LogP contribution >= 0.6 is 0 Å². The lowest BCUT2D eigenvalue weighted by atomic mass is 10.1. The summed E-state index contributed by atoms with van der Waals surface area (Å²) in [6.07, 6.45) is 3.45. The molecule has 0 aliphatic heterocycles. The van der Waals surface area contributed by atoms with Gasteiger partial charge in [0.25, 0.3) is 0 Å². The Morgan fingerprint density at radius 1 is 1.26 bits per heavy atom. The Hall–Kier alpha value is -1.89. The zero-order valence-electron chi connectivity index (χ0n) is 11.7. The number of imide groups is 1. The predicted octanol–water partition coefficient (Wildman–Crippen LogP) is 0.683. The van der Waals surface area contributed by atoms with Crippen LogP contribution in [-0.4, -0.2) is 34.2 Å². The fourth-order valence-corrected chi connectivity index (χ4v) is 1.56. The number of nitrogens with one attached hydrogen (secondary N) is 4. The van der Waals surface area contributed by atoms with E-state index in [1.54, 1.807) is 19.3 Å². The van der Waals surface area contributed by atoms with Crippen LogP contribution < -0.4 is 16.0 Å². The van der Waals surface area contributed by atoms with Crippen LogP contribution in [0.3, 0.4) is 0 Å². The molecule has 106 valence electrons. The second kappa shape index (κ2) is 6.89. The van der Waals surface area contributed by atoms with Gasteiger partial charge in [0.2, 0.25) is 5.91 Å². The van der Waals surface area contributed by atoms with E-state index in [9.17, 15) is 9.59 Å². The van der Waals surface area contributed by atoms with Crippen LogP contribution in [0.2, 0.25) is 0 Å². The molecule has 1 aromatic rings. The lowest BCUT2D eigenvalue weighted by Gasteiger charge is -2.18. The number of nitrogens with zero attached hydrogens (tertiary/aromatic N) is 1. The monoisotopic (exact) mass is 267 g/mol. The minimum atomic E-state index is -0.484. The number of carbonyl (C=O) groups excluding carboxylic acids is 2. The average Bonchev–Trinajstić information content (AvgIpc) is 2.80. The third kappa shape index (κ3) is 5.09. The van der Waals surface area contributed by atoms with Gasteiger partial charge in [0.1, 0.15) is 0 Å². The molecule has 19 heavy (non-hydrogen) atoms. The van der Waals surface area contributed by atoms with Crippen molar-refractivity contribution >= 4 is 11.9 Å². The summed E-state index contributed by atoms with van der Waals surface area (Å²) in [6, 6.07) is -1.01. The molecule has 0 aliphatic rings. The quantitative estimate of drug-likeness (QED) is 0.630. The minimum Gasteiger partial charge on any atom is -0.336 e. The highest BCUT2D eigenvalue weighted by Crippen LogP contribution is 2.09. The van der Waals surface area contributed by atoms with Gasteiger partial charge in [-0.05, 0) is 27.7 Å². The van der Waals surface area contributed by atoms with E-state index in [4.69, 9.17) is 0 Å². The van der Waals surface area contributed by atoms with E-state index in [0.717, 1.165) is 5.56 Å². The first kappa shape index (κ1) is 15.2. The van der Waals surface area contributed by atoms with Crippen LogP contribution in [0, 0.1) is 0 Å². The van der Waals surface area contributed by atoms with Crippen LogP contribution in [0.5, 0.6) is 0 Å². The van der Waals surface area contributed by atoms with Crippen LogP contribution in [-0.2, 0) is 4.79 Å². The number of rotatable bonds is 5. The summed E-state index contributed by atoms with van der Waals surface area (Å²) in [4.78, 5) is 23.2. The normalized spacial score (nSPS) is 13.9. The number of aromatic nitrogens is 2. The van der Waals surface area contributed by atoms with Gasteiger partial charge in [-0.2, -0.15) is 5.10 Å². The van der Waals surface area contributed by atoms with E-state index in [-0.39, 0.29) is 18.0 Å². The van der Waals surface area contributed by atoms with E-state index in [1.165, 1.54) is 0 Å². The van der Waals surface area contributed by atoms with Gasteiger partial charge in [0.05, 0.1) is 12.2 Å². The Kier molecular flexibility index (Phi) is 5.50. The molecule has 2 atom stereocenters. The zero-order chi connectivity index (χ0) is 14.4. The van der Waals surface area contributed by atoms with Crippen molar-refractivity contribution in [3.8, 4) is 0 Å². The molecule has 0 saturated heterocycles. The molecular formula is C12H21N5O2. The summed E-state index contributed by atoms with van der Waals surface area (Å²) in [6.45, 7) is 7.27. The second-order valence-electron chi connectivity index (χ2n) is 4.76. The molecule has 3 amide bonds. The molecule has 1 rings (SSSR count). The molecule has 0 aliphatic carbocycles. The third-order valence-electron chi connectivity index (χ3n) is 2.57. The molecule has 0 spiro atoms. The first-order valence-electron chi connectivity index (χ1n) is 6.26. The number of hydrogen-bond acceptors (Lipinski definition) is 4. The first-order chi connectivity index (χ1) is 8.90. The summed E-state index contributed by atoms with van der Waals surface area (Å²) in [5.74, 6) is -0.367. The lowest BCUT2D eigenvalue weighted by molar-refractivity contribution is -0.121. The molecule has 7 heteroatoms. The number of hydrogen-bond donors (Lipinski definition) is 4. The van der Waals surface area contributed by atoms with Crippen molar-refractivity contribution in [2.45, 2.75) is 45.8 Å². The van der Waals surface area contributed by atoms with Crippen LogP contribution in [0.1, 0.15) is 39.3 Å². The fourth-order valence-electron chi connectivity index (χ4n) is 1.56. The molecule has 0 saturated carbocycles. The fraction of sp³-hybridized carbons (Fsp3) is 0.583. The van der Waals surface area contributed by atoms with Crippen molar-refractivity contribution in [2.24, 2.45) is 0 Å². The van der Waals surface area contributed by atoms with Gasteiger partial charge in [-0.3, -0.25) is 20.5 Å². The Morgan fingerprint density at radius 3 is 2.47 bits per heavy atom. The SMILES string of the molecule is CC(C)NC(=O)NC(=O)[C@H](C)N[C@H](C)c1cn[nH]c1. The van der Waals surface area contributed by atoms with Crippen molar-refractivity contribution in [1.29, 1.82) is 0 Å². The van der Waals surface area contributed by atoms with E-state index in [1.807, 2.05) is 20.8 Å². The van der Waals surface area contributed by atoms with Crippen molar-refractivity contribution in [1.82, 2.24) is 26.1 Å². The standard InChI is InChI=1S/C12H21N5O2/c1-7(2)15-12(19)17-11(18)9(4)16-8(3)10-5-13-14-6-10/h5-9,16H,1-4H3,(H,13,14)(H2,15,17,18,19)/t8-,9+/m1/s1. The molecule has 0 radical (unpaired) electrons. The number of aromatic amines is 1. The second-order valence-corrected chi connectivity index (χ2v) is 4.76. The maximum atomic E-state index is 11.8. The smallest absolute Gasteiger partial charge is 0.321 e. The number of urea groups is 1. The van der Waals surface area contributed by atoms with Gasteiger partial charge < -0.3 is 5.32 Å². The number of H-pyrrole nitrogens is 1. The summed E-state index contributed by atoms with van der Waals surface area (Å²) < 4.78 is 0. The Balaban J connectivity index is 2.42. The molecule has 0 fully saturated rings. The van der Waals surface area contributed by atoms with Crippen LogP contribution in [0.25, 0.3) is 0 Å². The van der Waals surface area contributed by atoms with Gasteiger partial charge in [-0.1, -0.05) is 0 Å². The van der Waals surface area contributed by atoms with Crippen molar-refractivity contribution < 1.29 is 9.59 Å². The van der Waals surface area contributed by atoms with Gasteiger partial charge in [0.15, 0.2) is 0 Å². The topological polar surface area (TPSA) is 98.9 Å². The summed E-state index contributed by atoms with van der Waals surface area (Å²) in [5, 5.41) is 14.5. The molecule has 0 bridgehead atoms. The number of carbonyl (C=O) groups is 2. The largest absolute Gasteiger partial charge is 0.336 e. The lowest BCUT2D eigenvalue weighted by Crippen LogP contribution is -2.49. The summed E-state index contributed by atoms with van der Waals surface area (Å²) in [5.41, 5.74) is 0.950. The van der Waals surface area contributed by atoms with E-state index in [2.05, 4.69) is 26.1 Å². The highest BCUT2D eigenvalue weighted by atomic mass is 16.2. The Morgan fingerprint density at radius 2 is 1.95 bits per heavy atom. The molecule has 1 heterocycles. The molecule has 4 N–H and O–H groups in total. The maximum Gasteiger partial charge on any atom is 0.321 e.